The molecule has 0 spiro atoms. The molecule has 2 aliphatic heterocycles. The van der Waals surface area contributed by atoms with E-state index in [0.717, 1.165) is 32.5 Å². The van der Waals surface area contributed by atoms with Gasteiger partial charge in [0.25, 0.3) is 0 Å². The normalized spacial score (nSPS) is 37.1. The monoisotopic (exact) mass is 260 g/mol. The predicted molar refractivity (Wildman–Crippen MR) is 69.6 cm³/mol. The standard InChI is InChI=1S/C12H24N2O2S/c1-12(2)9-14(5-3-10(12)7-13)11-4-6-17(15,16)8-11/h10-11H,3-9,13H2,1-2H3. The Morgan fingerprint density at radius 2 is 2.06 bits per heavy atom. The van der Waals surface area contributed by atoms with Crippen LogP contribution in [0.4, 0.5) is 0 Å². The number of rotatable bonds is 2. The van der Waals surface area contributed by atoms with Crippen molar-refractivity contribution in [2.45, 2.75) is 32.7 Å². The molecule has 2 heterocycles. The highest BCUT2D eigenvalue weighted by atomic mass is 32.2. The molecule has 0 bridgehead atoms. The van der Waals surface area contributed by atoms with Crippen molar-refractivity contribution in [2.75, 3.05) is 31.1 Å². The summed E-state index contributed by atoms with van der Waals surface area (Å²) in [5.41, 5.74) is 6.01. The maximum Gasteiger partial charge on any atom is 0.151 e. The number of hydrogen-bond acceptors (Lipinski definition) is 4. The Hall–Kier alpha value is -0.130. The van der Waals surface area contributed by atoms with Gasteiger partial charge in [0.2, 0.25) is 0 Å². The lowest BCUT2D eigenvalue weighted by Gasteiger charge is -2.46. The summed E-state index contributed by atoms with van der Waals surface area (Å²) < 4.78 is 23.0. The van der Waals surface area contributed by atoms with Gasteiger partial charge in [0.05, 0.1) is 11.5 Å². The van der Waals surface area contributed by atoms with Gasteiger partial charge in [0.1, 0.15) is 0 Å². The van der Waals surface area contributed by atoms with Gasteiger partial charge in [-0.2, -0.15) is 0 Å². The molecule has 0 aromatic heterocycles. The van der Waals surface area contributed by atoms with Gasteiger partial charge in [0.15, 0.2) is 9.84 Å². The Morgan fingerprint density at radius 3 is 2.53 bits per heavy atom. The average Bonchev–Trinajstić information content (AvgIpc) is 2.57. The van der Waals surface area contributed by atoms with Crippen molar-refractivity contribution in [1.29, 1.82) is 0 Å². The summed E-state index contributed by atoms with van der Waals surface area (Å²) in [7, 11) is -2.77. The topological polar surface area (TPSA) is 63.4 Å². The van der Waals surface area contributed by atoms with Crippen LogP contribution in [0.15, 0.2) is 0 Å². The number of piperidine rings is 1. The van der Waals surface area contributed by atoms with Crippen LogP contribution < -0.4 is 5.73 Å². The van der Waals surface area contributed by atoms with Crippen LogP contribution in [0, 0.1) is 11.3 Å². The molecule has 0 aliphatic carbocycles. The summed E-state index contributed by atoms with van der Waals surface area (Å²) >= 11 is 0. The second kappa shape index (κ2) is 4.52. The van der Waals surface area contributed by atoms with E-state index in [1.54, 1.807) is 0 Å². The molecule has 17 heavy (non-hydrogen) atoms. The van der Waals surface area contributed by atoms with Crippen molar-refractivity contribution < 1.29 is 8.42 Å². The summed E-state index contributed by atoms with van der Waals surface area (Å²) in [6, 6.07) is 0.248. The first kappa shape index (κ1) is 13.3. The number of nitrogens with zero attached hydrogens (tertiary/aromatic N) is 1. The Balaban J connectivity index is 2.01. The highest BCUT2D eigenvalue weighted by Gasteiger charge is 2.40. The number of nitrogens with two attached hydrogens (primary N) is 1. The number of likely N-dealkylation sites (tertiary alicyclic amines) is 1. The van der Waals surface area contributed by atoms with E-state index in [1.165, 1.54) is 0 Å². The van der Waals surface area contributed by atoms with Crippen LogP contribution in [-0.2, 0) is 9.84 Å². The fraction of sp³-hybridized carbons (Fsp3) is 1.00. The van der Waals surface area contributed by atoms with Gasteiger partial charge in [-0.3, -0.25) is 4.90 Å². The van der Waals surface area contributed by atoms with Gasteiger partial charge in [-0.25, -0.2) is 8.42 Å². The highest BCUT2D eigenvalue weighted by molar-refractivity contribution is 7.91. The molecule has 2 aliphatic rings. The summed E-state index contributed by atoms with van der Waals surface area (Å²) in [4.78, 5) is 2.37. The quantitative estimate of drug-likeness (QED) is 0.784. The van der Waals surface area contributed by atoms with Gasteiger partial charge < -0.3 is 5.73 Å². The molecule has 0 aromatic rings. The molecule has 2 rings (SSSR count). The Kier molecular flexibility index (Phi) is 3.54. The van der Waals surface area contributed by atoms with Crippen LogP contribution in [0.1, 0.15) is 26.7 Å². The average molecular weight is 260 g/mol. The lowest BCUT2D eigenvalue weighted by Crippen LogP contribution is -2.51. The molecule has 2 atom stereocenters. The molecule has 2 unspecified atom stereocenters. The molecule has 2 fully saturated rings. The Morgan fingerprint density at radius 1 is 1.35 bits per heavy atom. The fourth-order valence-electron chi connectivity index (χ4n) is 3.26. The zero-order valence-electron chi connectivity index (χ0n) is 10.9. The van der Waals surface area contributed by atoms with Gasteiger partial charge in [-0.05, 0) is 37.3 Å². The van der Waals surface area contributed by atoms with Crippen molar-refractivity contribution in [3.05, 3.63) is 0 Å². The molecular weight excluding hydrogens is 236 g/mol. The lowest BCUT2D eigenvalue weighted by molar-refractivity contribution is 0.0380. The van der Waals surface area contributed by atoms with Gasteiger partial charge >= 0.3 is 0 Å². The maximum absolute atomic E-state index is 11.5. The maximum atomic E-state index is 11.5. The first-order valence-electron chi connectivity index (χ1n) is 6.48. The van der Waals surface area contributed by atoms with E-state index in [4.69, 9.17) is 5.73 Å². The molecule has 5 heteroatoms. The highest BCUT2D eigenvalue weighted by Crippen LogP contribution is 2.36. The van der Waals surface area contributed by atoms with Crippen LogP contribution in [0.3, 0.4) is 0 Å². The molecular formula is C12H24N2O2S. The van der Waals surface area contributed by atoms with Crippen LogP contribution >= 0.6 is 0 Å². The van der Waals surface area contributed by atoms with Crippen molar-refractivity contribution in [3.63, 3.8) is 0 Å². The lowest BCUT2D eigenvalue weighted by atomic mass is 9.73. The van der Waals surface area contributed by atoms with E-state index in [1.807, 2.05) is 0 Å². The van der Waals surface area contributed by atoms with Crippen molar-refractivity contribution >= 4 is 9.84 Å². The van der Waals surface area contributed by atoms with Crippen molar-refractivity contribution in [1.82, 2.24) is 4.90 Å². The Labute approximate surface area is 104 Å². The van der Waals surface area contributed by atoms with Gasteiger partial charge in [-0.1, -0.05) is 13.8 Å². The molecule has 0 amide bonds. The number of sulfone groups is 1. The van der Waals surface area contributed by atoms with Crippen molar-refractivity contribution in [3.8, 4) is 0 Å². The molecule has 100 valence electrons. The third kappa shape index (κ3) is 2.83. The Bertz CT molecular complexity index is 378. The number of hydrogen-bond donors (Lipinski definition) is 1. The molecule has 4 nitrogen and oxygen atoms in total. The largest absolute Gasteiger partial charge is 0.330 e. The summed E-state index contributed by atoms with van der Waals surface area (Å²) in [6.07, 6.45) is 1.91. The van der Waals surface area contributed by atoms with Crippen LogP contribution in [0.25, 0.3) is 0 Å². The first-order valence-corrected chi connectivity index (χ1v) is 8.31. The minimum Gasteiger partial charge on any atom is -0.330 e. The van der Waals surface area contributed by atoms with Gasteiger partial charge in [0, 0.05) is 12.6 Å². The summed E-state index contributed by atoms with van der Waals surface area (Å²) in [5, 5.41) is 0. The SMILES string of the molecule is CC1(C)CN(C2CCS(=O)(=O)C2)CCC1CN. The van der Waals surface area contributed by atoms with Crippen LogP contribution in [0.5, 0.6) is 0 Å². The summed E-state index contributed by atoms with van der Waals surface area (Å²) in [6.45, 7) is 7.23. The van der Waals surface area contributed by atoms with E-state index < -0.39 is 9.84 Å². The molecule has 0 radical (unpaired) electrons. The molecule has 0 aromatic carbocycles. The van der Waals surface area contributed by atoms with E-state index in [-0.39, 0.29) is 11.5 Å². The van der Waals surface area contributed by atoms with E-state index >= 15 is 0 Å². The van der Waals surface area contributed by atoms with E-state index in [2.05, 4.69) is 18.7 Å². The van der Waals surface area contributed by atoms with E-state index in [0.29, 0.717) is 17.4 Å². The minimum absolute atomic E-state index is 0.208. The van der Waals surface area contributed by atoms with Gasteiger partial charge in [-0.15, -0.1) is 0 Å². The third-order valence-corrected chi connectivity index (χ3v) is 6.24. The smallest absolute Gasteiger partial charge is 0.151 e. The minimum atomic E-state index is -2.77. The molecule has 2 saturated heterocycles. The third-order valence-electron chi connectivity index (χ3n) is 4.49. The summed E-state index contributed by atoms with van der Waals surface area (Å²) in [5.74, 6) is 1.29. The fourth-order valence-corrected chi connectivity index (χ4v) is 5.02. The van der Waals surface area contributed by atoms with Crippen LogP contribution in [0.2, 0.25) is 0 Å². The zero-order chi connectivity index (χ0) is 12.7. The second-order valence-electron chi connectivity index (χ2n) is 6.24. The first-order chi connectivity index (χ1) is 7.84. The van der Waals surface area contributed by atoms with E-state index in [9.17, 15) is 8.42 Å². The zero-order valence-corrected chi connectivity index (χ0v) is 11.7. The predicted octanol–water partition coefficient (Wildman–Crippen LogP) is 0.480. The van der Waals surface area contributed by atoms with Crippen LogP contribution in [-0.4, -0.2) is 50.5 Å². The molecule has 2 N–H and O–H groups in total. The van der Waals surface area contributed by atoms with Crippen molar-refractivity contribution in [2.24, 2.45) is 17.1 Å². The second-order valence-corrected chi connectivity index (χ2v) is 8.47. The molecule has 0 saturated carbocycles.